The number of nitrogens with zero attached hydrogens (tertiary/aromatic N) is 5. The molecule has 0 spiro atoms. The van der Waals surface area contributed by atoms with Crippen LogP contribution in [-0.4, -0.2) is 95.5 Å². The Labute approximate surface area is 348 Å². The summed E-state index contributed by atoms with van der Waals surface area (Å²) in [6.07, 6.45) is 9.36. The number of thiazole rings is 1. The lowest BCUT2D eigenvalue weighted by molar-refractivity contribution is -0.201. The minimum Gasteiger partial charge on any atom is -0.476 e. The number of likely N-dealkylation sites (N-methyl/N-ethyl adjacent to an activating group) is 1. The molecule has 0 radical (unpaired) electrons. The number of hydrogen-bond donors (Lipinski definition) is 3. The summed E-state index contributed by atoms with van der Waals surface area (Å²) in [5, 5.41) is 22.0. The smallest absolute Gasteiger partial charge is 0.355 e. The third-order valence-corrected chi connectivity index (χ3v) is 13.9. The van der Waals surface area contributed by atoms with Crippen LogP contribution in [0.1, 0.15) is 76.2 Å². The number of fused-ring (bicyclic) bond motifs is 2. The molecule has 3 N–H and O–H groups in total. The molecule has 14 heteroatoms. The summed E-state index contributed by atoms with van der Waals surface area (Å²) in [4.78, 5) is 37.9. The number of benzene rings is 2. The van der Waals surface area contributed by atoms with Gasteiger partial charge in [-0.25, -0.2) is 14.8 Å². The molecule has 2 unspecified atom stereocenters. The Morgan fingerprint density at radius 3 is 2.53 bits per heavy atom. The lowest BCUT2D eigenvalue weighted by Gasteiger charge is -2.61. The summed E-state index contributed by atoms with van der Waals surface area (Å²) in [7, 11) is 1.91. The molecule has 4 bridgehead atoms. The lowest BCUT2D eigenvalue weighted by Crippen LogP contribution is -2.58. The van der Waals surface area contributed by atoms with Crippen LogP contribution in [0.4, 0.5) is 10.9 Å². The van der Waals surface area contributed by atoms with Crippen molar-refractivity contribution in [1.29, 1.82) is 0 Å². The van der Waals surface area contributed by atoms with Crippen LogP contribution in [0.15, 0.2) is 60.8 Å². The maximum Gasteiger partial charge on any atom is 0.355 e. The minimum atomic E-state index is -1.09. The number of carboxylic acid groups (broad SMARTS) is 1. The maximum atomic E-state index is 13.6. The minimum absolute atomic E-state index is 0.00767. The van der Waals surface area contributed by atoms with E-state index in [9.17, 15) is 14.7 Å². The number of anilines is 2. The van der Waals surface area contributed by atoms with Crippen molar-refractivity contribution in [2.45, 2.75) is 70.6 Å². The van der Waals surface area contributed by atoms with Crippen LogP contribution in [0.5, 0.6) is 0 Å². The van der Waals surface area contributed by atoms with Crippen LogP contribution in [0.3, 0.4) is 0 Å². The summed E-state index contributed by atoms with van der Waals surface area (Å²) in [5.74, 6) is 0.547. The molecule has 1 aliphatic heterocycles. The lowest BCUT2D eigenvalue weighted by atomic mass is 9.48. The van der Waals surface area contributed by atoms with E-state index in [2.05, 4.69) is 31.3 Å². The zero-order chi connectivity index (χ0) is 40.6. The highest BCUT2D eigenvalue weighted by atomic mass is 32.1. The summed E-state index contributed by atoms with van der Waals surface area (Å²) in [6, 6.07) is 17.4. The number of aromatic carboxylic acids is 1. The zero-order valence-electron chi connectivity index (χ0n) is 33.9. The van der Waals surface area contributed by atoms with Gasteiger partial charge in [0.05, 0.1) is 55.0 Å². The van der Waals surface area contributed by atoms with Gasteiger partial charge in [0.25, 0.3) is 5.91 Å². The van der Waals surface area contributed by atoms with E-state index in [0.717, 1.165) is 65.0 Å². The number of ether oxygens (including phenoxy) is 3. The van der Waals surface area contributed by atoms with Crippen molar-refractivity contribution in [2.24, 2.45) is 17.3 Å². The molecular weight excluding hydrogens is 767 g/mol. The molecule has 13 nitrogen and oxygen atoms in total. The van der Waals surface area contributed by atoms with E-state index in [1.54, 1.807) is 6.20 Å². The molecule has 4 heterocycles. The molecule has 3 aromatic heterocycles. The molecule has 2 atom stereocenters. The Balaban J connectivity index is 0.882. The fraction of sp³-hybridized carbons (Fsp3) is 0.489. The van der Waals surface area contributed by atoms with E-state index in [1.807, 2.05) is 62.5 Å². The molecule has 5 aliphatic rings. The van der Waals surface area contributed by atoms with E-state index >= 15 is 0 Å². The average molecular weight is 820 g/mol. The monoisotopic (exact) mass is 819 g/mol. The van der Waals surface area contributed by atoms with Crippen LogP contribution in [0.25, 0.3) is 21.3 Å². The molecule has 10 rings (SSSR count). The molecule has 4 fully saturated rings. The summed E-state index contributed by atoms with van der Waals surface area (Å²) in [6.45, 7) is 7.71. The quantitative estimate of drug-likeness (QED) is 0.0833. The van der Waals surface area contributed by atoms with Gasteiger partial charge in [0.15, 0.2) is 10.8 Å². The van der Waals surface area contributed by atoms with Crippen LogP contribution < -0.4 is 15.5 Å². The van der Waals surface area contributed by atoms with E-state index < -0.39 is 5.97 Å². The molecule has 5 aromatic rings. The van der Waals surface area contributed by atoms with Gasteiger partial charge in [-0.05, 0) is 118 Å². The van der Waals surface area contributed by atoms with Crippen LogP contribution >= 0.6 is 11.3 Å². The van der Waals surface area contributed by atoms with Crippen molar-refractivity contribution in [1.82, 2.24) is 25.1 Å². The molecule has 59 heavy (non-hydrogen) atoms. The number of carbonyl (C=O) groups is 2. The van der Waals surface area contributed by atoms with Gasteiger partial charge in [0.2, 0.25) is 0 Å². The molecule has 1 amide bonds. The van der Waals surface area contributed by atoms with Gasteiger partial charge >= 0.3 is 5.97 Å². The Kier molecular flexibility index (Phi) is 11.3. The van der Waals surface area contributed by atoms with Crippen molar-refractivity contribution in [2.75, 3.05) is 63.4 Å². The first kappa shape index (κ1) is 39.7. The Morgan fingerprint density at radius 1 is 0.932 bits per heavy atom. The highest BCUT2D eigenvalue weighted by Crippen LogP contribution is 2.63. The van der Waals surface area contributed by atoms with E-state index in [4.69, 9.17) is 24.3 Å². The van der Waals surface area contributed by atoms with Crippen molar-refractivity contribution in [3.8, 4) is 11.1 Å². The highest BCUT2D eigenvalue weighted by molar-refractivity contribution is 7.22. The van der Waals surface area contributed by atoms with Crippen molar-refractivity contribution in [3.63, 3.8) is 0 Å². The highest BCUT2D eigenvalue weighted by Gasteiger charge is 2.58. The normalized spacial score (nSPS) is 23.2. The molecule has 4 saturated carbocycles. The topological polar surface area (TPSA) is 153 Å². The number of hydrogen-bond acceptors (Lipinski definition) is 11. The zero-order valence-corrected chi connectivity index (χ0v) is 34.7. The molecule has 310 valence electrons. The second-order valence-electron chi connectivity index (χ2n) is 17.0. The van der Waals surface area contributed by atoms with E-state index in [-0.39, 0.29) is 22.6 Å². The van der Waals surface area contributed by atoms with Gasteiger partial charge < -0.3 is 29.5 Å². The number of para-hydroxylation sites is 1. The molecular formula is C45H53N7O6S. The number of rotatable bonds is 17. The van der Waals surface area contributed by atoms with Crippen molar-refractivity contribution < 1.29 is 28.9 Å². The molecule has 4 aliphatic carbocycles. The van der Waals surface area contributed by atoms with Crippen LogP contribution in [-0.2, 0) is 33.7 Å². The summed E-state index contributed by atoms with van der Waals surface area (Å²) < 4.78 is 21.2. The van der Waals surface area contributed by atoms with Gasteiger partial charge in [-0.3, -0.25) is 14.8 Å². The van der Waals surface area contributed by atoms with Crippen LogP contribution in [0.2, 0.25) is 0 Å². The number of nitrogens with one attached hydrogen (secondary N) is 2. The summed E-state index contributed by atoms with van der Waals surface area (Å²) in [5.41, 5.74) is 5.66. The largest absolute Gasteiger partial charge is 0.476 e. The predicted molar refractivity (Wildman–Crippen MR) is 227 cm³/mol. The fourth-order valence-electron chi connectivity index (χ4n) is 10.8. The fourth-order valence-corrected chi connectivity index (χ4v) is 11.7. The molecule has 2 aromatic carbocycles. The number of carboxylic acids is 1. The average Bonchev–Trinajstić information content (AvgIpc) is 3.80. The van der Waals surface area contributed by atoms with Gasteiger partial charge in [0, 0.05) is 48.6 Å². The first-order valence-electron chi connectivity index (χ1n) is 20.9. The van der Waals surface area contributed by atoms with Gasteiger partial charge in [-0.2, -0.15) is 5.10 Å². The van der Waals surface area contributed by atoms with Crippen LogP contribution in [0, 0.1) is 24.2 Å². The van der Waals surface area contributed by atoms with E-state index in [0.29, 0.717) is 86.5 Å². The maximum absolute atomic E-state index is 13.6. The second-order valence-corrected chi connectivity index (χ2v) is 18.1. The Bertz CT molecular complexity index is 2300. The number of carbonyl (C=O) groups excluding carboxylic acids is 1. The van der Waals surface area contributed by atoms with E-state index in [1.165, 1.54) is 30.6 Å². The SMILES string of the molecule is CNCCOCCOCCOC12CC3CC(CC(Cn4ncc(-c5ccc(N6CCc7cccc(C(=O)Nc8nc9ccccc9s8)c7C6)nc5C(=O)O)c4C)(C3)C1)C2. The van der Waals surface area contributed by atoms with Crippen molar-refractivity contribution >= 4 is 44.4 Å². The van der Waals surface area contributed by atoms with Crippen molar-refractivity contribution in [3.05, 3.63) is 88.9 Å². The number of amides is 1. The van der Waals surface area contributed by atoms with Gasteiger partial charge in [-0.15, -0.1) is 0 Å². The van der Waals surface area contributed by atoms with Gasteiger partial charge in [0.1, 0.15) is 5.82 Å². The first-order valence-corrected chi connectivity index (χ1v) is 21.8. The Morgan fingerprint density at radius 2 is 1.73 bits per heavy atom. The first-order chi connectivity index (χ1) is 28.7. The third-order valence-electron chi connectivity index (χ3n) is 13.0. The van der Waals surface area contributed by atoms with Gasteiger partial charge in [-0.1, -0.05) is 35.6 Å². The summed E-state index contributed by atoms with van der Waals surface area (Å²) >= 11 is 1.44. The third kappa shape index (κ3) is 8.25. The standard InChI is InChI=1S/C45H53N7O6S/c1-29-35(25-47-52(29)28-44-21-30-20-31(22-44)24-45(23-30,27-44)58-19-18-57-17-16-56-15-13-46-2)33-10-11-39(49-40(33)42(54)55)51-14-12-32-6-5-7-34(36(32)26-51)41(53)50-43-48-37-8-3-4-9-38(37)59-43/h3-11,25,30-31,46H,12-24,26-28H2,1-2H3,(H,54,55)(H,48,50,53). The predicted octanol–water partition coefficient (Wildman–Crippen LogP) is 6.98. The number of aromatic nitrogens is 4. The molecule has 0 saturated heterocycles. The Hall–Kier alpha value is -4.73. The number of pyridine rings is 1. The second kappa shape index (κ2) is 16.7.